The Balaban J connectivity index is 1.47. The predicted octanol–water partition coefficient (Wildman–Crippen LogP) is 3.64. The van der Waals surface area contributed by atoms with Gasteiger partial charge in [-0.15, -0.1) is 0 Å². The first-order valence-electron chi connectivity index (χ1n) is 12.9. The van der Waals surface area contributed by atoms with Crippen LogP contribution in [0.15, 0.2) is 65.9 Å². The molecule has 2 heterocycles. The van der Waals surface area contributed by atoms with E-state index >= 15 is 0 Å². The molecule has 6 N–H and O–H groups in total. The second-order valence-corrected chi connectivity index (χ2v) is 9.75. The predicted molar refractivity (Wildman–Crippen MR) is 155 cm³/mol. The van der Waals surface area contributed by atoms with Crippen molar-refractivity contribution in [3.63, 3.8) is 0 Å². The molecule has 0 bridgehead atoms. The number of guanidine groups is 1. The number of carbonyl (C=O) groups is 2. The van der Waals surface area contributed by atoms with Crippen molar-refractivity contribution in [3.8, 4) is 5.75 Å². The summed E-state index contributed by atoms with van der Waals surface area (Å²) in [7, 11) is 1.87. The fourth-order valence-electron chi connectivity index (χ4n) is 4.66. The van der Waals surface area contributed by atoms with Crippen LogP contribution < -0.4 is 16.2 Å². The van der Waals surface area contributed by atoms with Gasteiger partial charge in [-0.2, -0.15) is 0 Å². The first-order valence-corrected chi connectivity index (χ1v) is 12.9. The number of hydrogen-bond acceptors (Lipinski definition) is 6. The number of amides is 1. The molecule has 41 heavy (non-hydrogen) atoms. The Morgan fingerprint density at radius 2 is 1.90 bits per heavy atom. The Labute approximate surface area is 235 Å². The molecule has 0 radical (unpaired) electrons. The quantitative estimate of drug-likeness (QED) is 0.158. The number of carboxylic acid groups (broad SMARTS) is 1. The highest BCUT2D eigenvalue weighted by Crippen LogP contribution is 2.27. The van der Waals surface area contributed by atoms with Gasteiger partial charge in [0.15, 0.2) is 5.96 Å². The Hall–Kier alpha value is -5.39. The van der Waals surface area contributed by atoms with Gasteiger partial charge < -0.3 is 35.8 Å². The summed E-state index contributed by atoms with van der Waals surface area (Å²) in [5, 5.41) is 9.58. The zero-order chi connectivity index (χ0) is 29.3. The van der Waals surface area contributed by atoms with E-state index < -0.39 is 12.0 Å². The van der Waals surface area contributed by atoms with Gasteiger partial charge >= 0.3 is 5.97 Å². The van der Waals surface area contributed by atoms with Gasteiger partial charge in [0.05, 0.1) is 46.7 Å². The number of carbonyl (C=O) groups excluding carboxylic acids is 1. The number of aryl methyl sites for hydroxylation is 2. The molecule has 12 nitrogen and oxygen atoms in total. The second-order valence-electron chi connectivity index (χ2n) is 9.75. The molecule has 1 unspecified atom stereocenters. The van der Waals surface area contributed by atoms with Crippen LogP contribution in [-0.4, -0.2) is 60.5 Å². The number of carboxylic acids is 1. The molecular weight excluding hydrogens is 524 g/mol. The number of benzene rings is 3. The number of nitrogens with one attached hydrogen (secondary N) is 1. The van der Waals surface area contributed by atoms with Crippen LogP contribution in [0.3, 0.4) is 0 Å². The molecule has 5 aromatic rings. The van der Waals surface area contributed by atoms with Crippen LogP contribution in [0, 0.1) is 6.92 Å². The smallest absolute Gasteiger partial charge is 0.339 e. The van der Waals surface area contributed by atoms with Crippen LogP contribution in [0.5, 0.6) is 5.75 Å². The van der Waals surface area contributed by atoms with Gasteiger partial charge in [-0.1, -0.05) is 6.07 Å². The fraction of sp³-hybridized carbons (Fsp3) is 0.207. The molecule has 0 saturated heterocycles. The fourth-order valence-corrected chi connectivity index (χ4v) is 4.66. The molecule has 0 fully saturated rings. The van der Waals surface area contributed by atoms with E-state index in [-0.39, 0.29) is 36.3 Å². The lowest BCUT2D eigenvalue weighted by atomic mass is 10.1. The van der Waals surface area contributed by atoms with Crippen LogP contribution >= 0.6 is 0 Å². The lowest BCUT2D eigenvalue weighted by Crippen LogP contribution is -2.37. The van der Waals surface area contributed by atoms with E-state index in [1.807, 2.05) is 25.5 Å². The molecule has 0 spiro atoms. The minimum atomic E-state index is -1.09. The van der Waals surface area contributed by atoms with Crippen molar-refractivity contribution in [2.24, 2.45) is 23.5 Å². The topological polar surface area (TPSA) is 178 Å². The number of aromatic carboxylic acids is 1. The number of hydrogen-bond donors (Lipinski definition) is 4. The molecule has 12 heteroatoms. The average molecular weight is 555 g/mol. The van der Waals surface area contributed by atoms with Crippen LogP contribution in [0.25, 0.3) is 22.1 Å². The Bertz CT molecular complexity index is 1800. The summed E-state index contributed by atoms with van der Waals surface area (Å²) < 4.78 is 7.76. The molecule has 0 aliphatic carbocycles. The van der Waals surface area contributed by atoms with Crippen molar-refractivity contribution in [2.45, 2.75) is 19.9 Å². The number of ether oxygens (including phenoxy) is 1. The van der Waals surface area contributed by atoms with E-state index in [2.05, 4.69) is 15.0 Å². The van der Waals surface area contributed by atoms with Crippen LogP contribution in [0.1, 0.15) is 45.1 Å². The first kappa shape index (κ1) is 27.2. The number of imidazole rings is 2. The summed E-state index contributed by atoms with van der Waals surface area (Å²) in [6.45, 7) is 3.94. The highest BCUT2D eigenvalue weighted by atomic mass is 16.5. The standard InChI is InChI=1S/C29H30N8O4/c1-16-4-7-20(28(39)40)25(12-16)41-11-10-37(27(38)18-5-8-22-24(13-18)36(3)15-32-22)17(2)26-34-21-9-6-19(33-29(30)31)14-23(21)35-26/h4-9,12-15,17H,10-11H2,1-3H3,(H,34,35)(H,39,40)(H4,30,31,33). The van der Waals surface area contributed by atoms with Crippen molar-refractivity contribution in [2.75, 3.05) is 13.2 Å². The Morgan fingerprint density at radius 3 is 2.66 bits per heavy atom. The lowest BCUT2D eigenvalue weighted by Gasteiger charge is -2.28. The Morgan fingerprint density at radius 1 is 1.12 bits per heavy atom. The van der Waals surface area contributed by atoms with Gasteiger partial charge in [-0.3, -0.25) is 4.79 Å². The highest BCUT2D eigenvalue weighted by molar-refractivity contribution is 5.97. The molecule has 2 aromatic heterocycles. The highest BCUT2D eigenvalue weighted by Gasteiger charge is 2.26. The van der Waals surface area contributed by atoms with Gasteiger partial charge in [0.2, 0.25) is 0 Å². The lowest BCUT2D eigenvalue weighted by molar-refractivity contribution is 0.0638. The van der Waals surface area contributed by atoms with Crippen molar-refractivity contribution in [1.29, 1.82) is 0 Å². The minimum Gasteiger partial charge on any atom is -0.491 e. The van der Waals surface area contributed by atoms with Crippen molar-refractivity contribution < 1.29 is 19.4 Å². The van der Waals surface area contributed by atoms with Crippen LogP contribution in [0.2, 0.25) is 0 Å². The van der Waals surface area contributed by atoms with Gasteiger partial charge in [0, 0.05) is 12.6 Å². The molecule has 0 saturated carbocycles. The maximum Gasteiger partial charge on any atom is 0.339 e. The van der Waals surface area contributed by atoms with Crippen molar-refractivity contribution >= 4 is 45.6 Å². The number of aromatic nitrogens is 4. The largest absolute Gasteiger partial charge is 0.491 e. The number of rotatable bonds is 9. The van der Waals surface area contributed by atoms with Gasteiger partial charge in [0.25, 0.3) is 5.91 Å². The van der Waals surface area contributed by atoms with Gasteiger partial charge in [-0.25, -0.2) is 19.8 Å². The van der Waals surface area contributed by atoms with E-state index in [1.54, 1.807) is 59.8 Å². The van der Waals surface area contributed by atoms with Gasteiger partial charge in [-0.05, 0) is 67.9 Å². The van der Waals surface area contributed by atoms with E-state index in [4.69, 9.17) is 21.2 Å². The summed E-state index contributed by atoms with van der Waals surface area (Å²) in [6, 6.07) is 15.0. The van der Waals surface area contributed by atoms with E-state index in [0.717, 1.165) is 16.6 Å². The Kier molecular flexibility index (Phi) is 7.30. The number of nitrogens with two attached hydrogens (primary N) is 2. The molecule has 1 atom stereocenters. The summed E-state index contributed by atoms with van der Waals surface area (Å²) in [5.74, 6) is -0.593. The normalized spacial score (nSPS) is 11.9. The second kappa shape index (κ2) is 11.0. The maximum absolute atomic E-state index is 14.0. The zero-order valence-electron chi connectivity index (χ0n) is 22.8. The maximum atomic E-state index is 14.0. The van der Waals surface area contributed by atoms with E-state index in [0.29, 0.717) is 28.1 Å². The van der Waals surface area contributed by atoms with Crippen molar-refractivity contribution in [1.82, 2.24) is 24.4 Å². The molecular formula is C29H30N8O4. The third-order valence-corrected chi connectivity index (χ3v) is 6.80. The van der Waals surface area contributed by atoms with Crippen LogP contribution in [-0.2, 0) is 7.05 Å². The van der Waals surface area contributed by atoms with E-state index in [9.17, 15) is 14.7 Å². The number of H-pyrrole nitrogens is 1. The molecule has 210 valence electrons. The van der Waals surface area contributed by atoms with Crippen LogP contribution in [0.4, 0.5) is 5.69 Å². The minimum absolute atomic E-state index is 0.0528. The zero-order valence-corrected chi connectivity index (χ0v) is 22.8. The average Bonchev–Trinajstić information content (AvgIpc) is 3.53. The number of fused-ring (bicyclic) bond motifs is 2. The van der Waals surface area contributed by atoms with Gasteiger partial charge in [0.1, 0.15) is 23.7 Å². The third-order valence-electron chi connectivity index (χ3n) is 6.80. The molecule has 0 aliphatic heterocycles. The third kappa shape index (κ3) is 5.66. The molecule has 1 amide bonds. The SMILES string of the molecule is Cc1ccc(C(=O)O)c(OCCN(C(=O)c2ccc3ncn(C)c3c2)C(C)c2nc3ccc(N=C(N)N)cc3[nH]2)c1. The summed E-state index contributed by atoms with van der Waals surface area (Å²) >= 11 is 0. The first-order chi connectivity index (χ1) is 19.6. The molecule has 3 aromatic carbocycles. The van der Waals surface area contributed by atoms with Crippen molar-refractivity contribution in [3.05, 3.63) is 83.4 Å². The number of aromatic amines is 1. The summed E-state index contributed by atoms with van der Waals surface area (Å²) in [4.78, 5) is 43.7. The number of aliphatic imine (C=N–C) groups is 1. The number of nitrogens with zero attached hydrogens (tertiary/aromatic N) is 5. The monoisotopic (exact) mass is 554 g/mol. The summed E-state index contributed by atoms with van der Waals surface area (Å²) in [6.07, 6.45) is 1.69. The molecule has 0 aliphatic rings. The van der Waals surface area contributed by atoms with E-state index in [1.165, 1.54) is 6.07 Å². The summed E-state index contributed by atoms with van der Waals surface area (Å²) in [5.41, 5.74) is 16.0. The molecule has 5 rings (SSSR count).